The van der Waals surface area contributed by atoms with Crippen LogP contribution in [0.5, 0.6) is 0 Å². The smallest absolute Gasteiger partial charge is 0.353 e. The van der Waals surface area contributed by atoms with Gasteiger partial charge < -0.3 is 15.5 Å². The normalized spacial score (nSPS) is 12.1. The highest BCUT2D eigenvalue weighted by Crippen LogP contribution is 2.35. The second kappa shape index (κ2) is 3.75. The molecule has 0 saturated carbocycles. The molecule has 14 heavy (non-hydrogen) atoms. The zero-order valence-corrected chi connectivity index (χ0v) is 7.83. The molecule has 1 aromatic heterocycles. The van der Waals surface area contributed by atoms with Gasteiger partial charge in [0.2, 0.25) is 0 Å². The molecule has 0 atom stereocenters. The van der Waals surface area contributed by atoms with Crippen LogP contribution in [0.2, 0.25) is 0 Å². The van der Waals surface area contributed by atoms with Crippen LogP contribution in [0.25, 0.3) is 6.20 Å². The first kappa shape index (κ1) is 10.6. The lowest BCUT2D eigenvalue weighted by Crippen LogP contribution is -2.19. The number of hydrogen-bond donors (Lipinski definition) is 3. The van der Waals surface area contributed by atoms with E-state index >= 15 is 0 Å². The number of hydrogen-bond acceptors (Lipinski definition) is 4. The topological polar surface area (TPSA) is 118 Å². The fraction of sp³-hybridized carbons (Fsp3) is 0. The molecule has 0 unspecified atom stereocenters. The lowest BCUT2D eigenvalue weighted by molar-refractivity contribution is 0.386. The summed E-state index contributed by atoms with van der Waals surface area (Å²) in [5, 5.41) is 0. The van der Waals surface area contributed by atoms with Crippen LogP contribution in [0, 0.1) is 0 Å². The lowest BCUT2D eigenvalue weighted by Gasteiger charge is -1.98. The molecule has 0 saturated heterocycles. The zero-order chi connectivity index (χ0) is 10.8. The summed E-state index contributed by atoms with van der Waals surface area (Å²) in [5.41, 5.74) is 4.51. The molecule has 0 radical (unpaired) electrons. The number of rotatable bonds is 2. The van der Waals surface area contributed by atoms with Gasteiger partial charge in [0.15, 0.2) is 0 Å². The third-order valence-electron chi connectivity index (χ3n) is 1.27. The van der Waals surface area contributed by atoms with Crippen molar-refractivity contribution in [1.82, 2.24) is 9.55 Å². The molecule has 76 valence electrons. The first-order valence-corrected chi connectivity index (χ1v) is 5.16. The third kappa shape index (κ3) is 3.14. The fourth-order valence-corrected chi connectivity index (χ4v) is 1.02. The molecule has 0 bridgehead atoms. The number of nitrogens with two attached hydrogens (primary N) is 1. The van der Waals surface area contributed by atoms with E-state index in [0.29, 0.717) is 5.82 Å². The van der Waals surface area contributed by atoms with Crippen LogP contribution in [-0.4, -0.2) is 19.3 Å². The van der Waals surface area contributed by atoms with E-state index in [0.717, 1.165) is 10.8 Å². The quantitative estimate of drug-likeness (QED) is 0.571. The van der Waals surface area contributed by atoms with Crippen LogP contribution < -0.4 is 11.4 Å². The molecular weight excluding hydrogens is 209 g/mol. The van der Waals surface area contributed by atoms with Gasteiger partial charge in [0.1, 0.15) is 5.82 Å². The van der Waals surface area contributed by atoms with Crippen LogP contribution in [0.1, 0.15) is 0 Å². The largest absolute Gasteiger partial charge is 0.383 e. The monoisotopic (exact) mass is 217 g/mol. The van der Waals surface area contributed by atoms with Gasteiger partial charge in [-0.05, 0) is 6.07 Å². The number of nitrogens with zero attached hydrogens (tertiary/aromatic N) is 2. The Labute approximate surface area is 78.7 Å². The van der Waals surface area contributed by atoms with Crippen LogP contribution in [0.4, 0.5) is 5.82 Å². The van der Waals surface area contributed by atoms with Crippen molar-refractivity contribution < 1.29 is 14.4 Å². The molecule has 0 spiro atoms. The van der Waals surface area contributed by atoms with Gasteiger partial charge in [0.25, 0.3) is 0 Å². The number of anilines is 1. The molecule has 0 aromatic carbocycles. The number of aromatic nitrogens is 2. The highest BCUT2D eigenvalue weighted by Gasteiger charge is 2.05. The van der Waals surface area contributed by atoms with Gasteiger partial charge in [0.05, 0.1) is 0 Å². The Balaban J connectivity index is 3.05. The summed E-state index contributed by atoms with van der Waals surface area (Å²) in [6.07, 6.45) is 2.20. The van der Waals surface area contributed by atoms with E-state index in [1.807, 2.05) is 0 Å². The summed E-state index contributed by atoms with van der Waals surface area (Å²) in [6.45, 7) is 0. The molecule has 0 fully saturated rings. The minimum atomic E-state index is -4.26. The maximum absolute atomic E-state index is 11.0. The standard InChI is InChI=1S/C6H8N3O4P/c7-5-1-2-9(6(10)8-5)3-4-14(11,12)13/h1-4H,(H2,7,8,10)(H2,11,12,13)/b4-3-. The number of nitrogen functional groups attached to an aromatic ring is 1. The molecule has 0 aliphatic heterocycles. The van der Waals surface area contributed by atoms with Gasteiger partial charge in [-0.2, -0.15) is 4.98 Å². The van der Waals surface area contributed by atoms with E-state index in [4.69, 9.17) is 15.5 Å². The molecule has 1 aromatic rings. The van der Waals surface area contributed by atoms with E-state index in [-0.39, 0.29) is 5.82 Å². The van der Waals surface area contributed by atoms with Crippen molar-refractivity contribution in [3.05, 3.63) is 28.6 Å². The summed E-state index contributed by atoms with van der Waals surface area (Å²) in [7, 11) is -4.26. The fourth-order valence-electron chi connectivity index (χ4n) is 0.698. The van der Waals surface area contributed by atoms with Gasteiger partial charge in [0, 0.05) is 18.2 Å². The summed E-state index contributed by atoms with van der Waals surface area (Å²) in [5.74, 6) is 0.655. The van der Waals surface area contributed by atoms with Gasteiger partial charge in [-0.15, -0.1) is 0 Å². The van der Waals surface area contributed by atoms with Crippen molar-refractivity contribution in [3.63, 3.8) is 0 Å². The highest BCUT2D eigenvalue weighted by atomic mass is 31.2. The molecule has 1 rings (SSSR count). The van der Waals surface area contributed by atoms with E-state index in [9.17, 15) is 9.36 Å². The highest BCUT2D eigenvalue weighted by molar-refractivity contribution is 7.55. The van der Waals surface area contributed by atoms with Crippen LogP contribution in [-0.2, 0) is 4.57 Å². The molecular formula is C6H8N3O4P. The second-order valence-electron chi connectivity index (χ2n) is 2.43. The Kier molecular flexibility index (Phi) is 2.85. The van der Waals surface area contributed by atoms with E-state index in [1.165, 1.54) is 12.3 Å². The van der Waals surface area contributed by atoms with Gasteiger partial charge in [-0.3, -0.25) is 9.13 Å². The van der Waals surface area contributed by atoms with Crippen molar-refractivity contribution in [2.75, 3.05) is 5.73 Å². The van der Waals surface area contributed by atoms with Crippen LogP contribution >= 0.6 is 7.60 Å². The maximum atomic E-state index is 11.0. The Morgan fingerprint density at radius 2 is 2.21 bits per heavy atom. The Bertz CT molecular complexity index is 460. The van der Waals surface area contributed by atoms with Crippen LogP contribution in [0.3, 0.4) is 0 Å². The zero-order valence-electron chi connectivity index (χ0n) is 6.94. The van der Waals surface area contributed by atoms with Gasteiger partial charge in [-0.25, -0.2) is 4.79 Å². The van der Waals surface area contributed by atoms with E-state index < -0.39 is 13.3 Å². The predicted molar refractivity (Wildman–Crippen MR) is 50.3 cm³/mol. The summed E-state index contributed by atoms with van der Waals surface area (Å²) in [6, 6.07) is 1.34. The van der Waals surface area contributed by atoms with Crippen molar-refractivity contribution >= 4 is 19.6 Å². The first-order valence-electron chi connectivity index (χ1n) is 3.48. The molecule has 0 aliphatic carbocycles. The van der Waals surface area contributed by atoms with Gasteiger partial charge >= 0.3 is 13.3 Å². The molecule has 0 aliphatic rings. The average molecular weight is 217 g/mol. The Morgan fingerprint density at radius 3 is 2.71 bits per heavy atom. The molecule has 7 nitrogen and oxygen atoms in total. The Morgan fingerprint density at radius 1 is 1.57 bits per heavy atom. The van der Waals surface area contributed by atoms with Crippen molar-refractivity contribution in [1.29, 1.82) is 0 Å². The third-order valence-corrected chi connectivity index (χ3v) is 1.79. The first-order chi connectivity index (χ1) is 6.38. The molecule has 0 amide bonds. The summed E-state index contributed by atoms with van der Waals surface area (Å²) in [4.78, 5) is 31.4. The van der Waals surface area contributed by atoms with Crippen molar-refractivity contribution in [2.45, 2.75) is 0 Å². The average Bonchev–Trinajstić information content (AvgIpc) is 2.00. The second-order valence-corrected chi connectivity index (χ2v) is 3.91. The molecule has 8 heteroatoms. The SMILES string of the molecule is Nc1ccn(/C=C\P(=O)(O)O)c(=O)n1. The predicted octanol–water partition coefficient (Wildman–Crippen LogP) is -0.569. The van der Waals surface area contributed by atoms with Crippen molar-refractivity contribution in [2.24, 2.45) is 0 Å². The summed E-state index contributed by atoms with van der Waals surface area (Å²) < 4.78 is 11.3. The molecule has 1 heterocycles. The minimum Gasteiger partial charge on any atom is -0.383 e. The van der Waals surface area contributed by atoms with Crippen molar-refractivity contribution in [3.8, 4) is 0 Å². The maximum Gasteiger partial charge on any atom is 0.353 e. The minimum absolute atomic E-state index is 0.0517. The Hall–Kier alpha value is -1.43. The summed E-state index contributed by atoms with van der Waals surface area (Å²) >= 11 is 0. The molecule has 4 N–H and O–H groups in total. The van der Waals surface area contributed by atoms with Crippen LogP contribution in [0.15, 0.2) is 22.9 Å². The van der Waals surface area contributed by atoms with Gasteiger partial charge in [-0.1, -0.05) is 0 Å². The van der Waals surface area contributed by atoms with E-state index in [2.05, 4.69) is 4.98 Å². The lowest BCUT2D eigenvalue weighted by atomic mass is 10.6. The van der Waals surface area contributed by atoms with E-state index in [1.54, 1.807) is 0 Å².